The van der Waals surface area contributed by atoms with Crippen molar-refractivity contribution >= 4 is 11.9 Å². The average Bonchev–Trinajstić information content (AvgIpc) is 3.09. The zero-order chi connectivity index (χ0) is 15.5. The van der Waals surface area contributed by atoms with Crippen molar-refractivity contribution in [3.8, 4) is 5.69 Å². The highest BCUT2D eigenvalue weighted by molar-refractivity contribution is 5.96. The van der Waals surface area contributed by atoms with E-state index < -0.39 is 12.0 Å². The molecule has 1 aliphatic heterocycles. The molecule has 22 heavy (non-hydrogen) atoms. The van der Waals surface area contributed by atoms with Crippen LogP contribution in [0.4, 0.5) is 0 Å². The van der Waals surface area contributed by atoms with E-state index in [0.717, 1.165) is 18.5 Å². The Balaban J connectivity index is 1.81. The Morgan fingerprint density at radius 2 is 1.77 bits per heavy atom. The van der Waals surface area contributed by atoms with Gasteiger partial charge < -0.3 is 10.0 Å². The van der Waals surface area contributed by atoms with Crippen LogP contribution < -0.4 is 0 Å². The van der Waals surface area contributed by atoms with Crippen molar-refractivity contribution < 1.29 is 14.7 Å². The first-order valence-corrected chi connectivity index (χ1v) is 7.15. The fraction of sp³-hybridized carbons (Fsp3) is 0.333. The maximum atomic E-state index is 12.5. The van der Waals surface area contributed by atoms with Crippen LogP contribution >= 0.6 is 0 Å². The Hall–Kier alpha value is -2.70. The van der Waals surface area contributed by atoms with Crippen molar-refractivity contribution in [3.05, 3.63) is 42.5 Å². The van der Waals surface area contributed by atoms with Crippen molar-refractivity contribution in [1.29, 1.82) is 0 Å². The van der Waals surface area contributed by atoms with E-state index in [-0.39, 0.29) is 5.91 Å². The number of carboxylic acid groups (broad SMARTS) is 1. The van der Waals surface area contributed by atoms with Gasteiger partial charge in [0.1, 0.15) is 18.7 Å². The summed E-state index contributed by atoms with van der Waals surface area (Å²) in [6, 6.07) is 6.25. The van der Waals surface area contributed by atoms with E-state index in [0.29, 0.717) is 18.5 Å². The number of carboxylic acids is 1. The fourth-order valence-corrected chi connectivity index (χ4v) is 2.71. The highest BCUT2D eigenvalue weighted by Crippen LogP contribution is 2.20. The number of benzene rings is 1. The monoisotopic (exact) mass is 300 g/mol. The molecular formula is C15H16N4O3. The first-order chi connectivity index (χ1) is 10.7. The summed E-state index contributed by atoms with van der Waals surface area (Å²) in [5, 5.41) is 16.7. The van der Waals surface area contributed by atoms with Crippen molar-refractivity contribution in [1.82, 2.24) is 19.7 Å². The van der Waals surface area contributed by atoms with Gasteiger partial charge in [-0.25, -0.2) is 4.79 Å². The third-order valence-electron chi connectivity index (χ3n) is 3.88. The quantitative estimate of drug-likeness (QED) is 0.924. The number of nitrogens with zero attached hydrogens (tertiary/aromatic N) is 4. The van der Waals surface area contributed by atoms with Gasteiger partial charge in [-0.2, -0.15) is 0 Å². The molecule has 0 spiro atoms. The summed E-state index contributed by atoms with van der Waals surface area (Å²) in [5.41, 5.74) is 1.33. The van der Waals surface area contributed by atoms with Crippen LogP contribution in [0.15, 0.2) is 36.9 Å². The maximum absolute atomic E-state index is 12.5. The highest BCUT2D eigenvalue weighted by atomic mass is 16.4. The highest BCUT2D eigenvalue weighted by Gasteiger charge is 2.32. The molecule has 1 aromatic heterocycles. The predicted octanol–water partition coefficient (Wildman–Crippen LogP) is 1.35. The first-order valence-electron chi connectivity index (χ1n) is 7.15. The molecule has 7 nitrogen and oxygen atoms in total. The molecule has 1 fully saturated rings. The third kappa shape index (κ3) is 2.69. The fourth-order valence-electron chi connectivity index (χ4n) is 2.71. The van der Waals surface area contributed by atoms with Gasteiger partial charge >= 0.3 is 5.97 Å². The number of aliphatic carboxylic acids is 1. The van der Waals surface area contributed by atoms with E-state index >= 15 is 0 Å². The molecule has 114 valence electrons. The lowest BCUT2D eigenvalue weighted by Gasteiger charge is -2.33. The van der Waals surface area contributed by atoms with Crippen molar-refractivity contribution in [2.45, 2.75) is 25.3 Å². The Morgan fingerprint density at radius 1 is 1.09 bits per heavy atom. The predicted molar refractivity (Wildman–Crippen MR) is 77.7 cm³/mol. The van der Waals surface area contributed by atoms with Gasteiger partial charge in [0.15, 0.2) is 0 Å². The van der Waals surface area contributed by atoms with E-state index in [1.807, 2.05) is 0 Å². The second-order valence-electron chi connectivity index (χ2n) is 5.26. The second kappa shape index (κ2) is 5.97. The van der Waals surface area contributed by atoms with Crippen LogP contribution in [0.2, 0.25) is 0 Å². The Morgan fingerprint density at radius 3 is 2.41 bits per heavy atom. The molecule has 7 heteroatoms. The van der Waals surface area contributed by atoms with Crippen LogP contribution in [0, 0.1) is 0 Å². The molecule has 2 aromatic rings. The zero-order valence-corrected chi connectivity index (χ0v) is 11.9. The molecule has 2 heterocycles. The van der Waals surface area contributed by atoms with Crippen LogP contribution in [0.1, 0.15) is 29.6 Å². The number of hydrogen-bond donors (Lipinski definition) is 1. The number of amides is 1. The smallest absolute Gasteiger partial charge is 0.326 e. The Bertz CT molecular complexity index is 667. The number of piperidine rings is 1. The summed E-state index contributed by atoms with van der Waals surface area (Å²) >= 11 is 0. The van der Waals surface area contributed by atoms with E-state index in [4.69, 9.17) is 0 Å². The number of carbonyl (C=O) groups excluding carboxylic acids is 1. The number of aromatic nitrogens is 3. The number of rotatable bonds is 3. The lowest BCUT2D eigenvalue weighted by Crippen LogP contribution is -2.47. The van der Waals surface area contributed by atoms with Gasteiger partial charge in [-0.3, -0.25) is 9.36 Å². The van der Waals surface area contributed by atoms with Gasteiger partial charge in [-0.1, -0.05) is 0 Å². The van der Waals surface area contributed by atoms with Crippen LogP contribution in [-0.2, 0) is 4.79 Å². The van der Waals surface area contributed by atoms with Crippen LogP contribution in [0.25, 0.3) is 5.69 Å². The Labute approximate surface area is 127 Å². The molecule has 0 bridgehead atoms. The van der Waals surface area contributed by atoms with Crippen molar-refractivity contribution in [3.63, 3.8) is 0 Å². The van der Waals surface area contributed by atoms with Gasteiger partial charge in [0.2, 0.25) is 0 Å². The summed E-state index contributed by atoms with van der Waals surface area (Å²) in [4.78, 5) is 25.3. The van der Waals surface area contributed by atoms with Gasteiger partial charge in [0.05, 0.1) is 0 Å². The SMILES string of the molecule is O=C(O)[C@H]1CCCCN1C(=O)c1ccc(-n2cnnc2)cc1. The second-order valence-corrected chi connectivity index (χ2v) is 5.26. The lowest BCUT2D eigenvalue weighted by molar-refractivity contribution is -0.143. The third-order valence-corrected chi connectivity index (χ3v) is 3.88. The van der Waals surface area contributed by atoms with Gasteiger partial charge in [0.25, 0.3) is 5.91 Å². The molecule has 1 N–H and O–H groups in total. The van der Waals surface area contributed by atoms with E-state index in [1.165, 1.54) is 4.90 Å². The van der Waals surface area contributed by atoms with E-state index in [2.05, 4.69) is 10.2 Å². The van der Waals surface area contributed by atoms with Gasteiger partial charge in [0, 0.05) is 17.8 Å². The molecule has 0 unspecified atom stereocenters. The molecular weight excluding hydrogens is 284 g/mol. The first kappa shape index (κ1) is 14.2. The number of carbonyl (C=O) groups is 2. The Kier molecular flexibility index (Phi) is 3.86. The normalized spacial score (nSPS) is 18.2. The molecule has 1 aromatic carbocycles. The van der Waals surface area contributed by atoms with Crippen molar-refractivity contribution in [2.24, 2.45) is 0 Å². The summed E-state index contributed by atoms with van der Waals surface area (Å²) < 4.78 is 1.73. The van der Waals surface area contributed by atoms with E-state index in [1.54, 1.807) is 41.5 Å². The minimum atomic E-state index is -0.936. The number of hydrogen-bond acceptors (Lipinski definition) is 4. The van der Waals surface area contributed by atoms with Crippen LogP contribution in [-0.4, -0.2) is 49.2 Å². The summed E-state index contributed by atoms with van der Waals surface area (Å²) in [7, 11) is 0. The molecule has 0 aliphatic carbocycles. The topological polar surface area (TPSA) is 88.3 Å². The maximum Gasteiger partial charge on any atom is 0.326 e. The molecule has 0 radical (unpaired) electrons. The summed E-state index contributed by atoms with van der Waals surface area (Å²) in [6.45, 7) is 0.489. The molecule has 3 rings (SSSR count). The average molecular weight is 300 g/mol. The summed E-state index contributed by atoms with van der Waals surface area (Å²) in [5.74, 6) is -1.17. The van der Waals surface area contributed by atoms with Crippen molar-refractivity contribution in [2.75, 3.05) is 6.54 Å². The van der Waals surface area contributed by atoms with Crippen LogP contribution in [0.5, 0.6) is 0 Å². The minimum absolute atomic E-state index is 0.234. The molecule has 1 amide bonds. The standard InChI is InChI=1S/C15H16N4O3/c20-14(19-8-2-1-3-13(19)15(21)22)11-4-6-12(7-5-11)18-9-16-17-10-18/h4-7,9-10,13H,1-3,8H2,(H,21,22)/t13-/m1/s1. The largest absolute Gasteiger partial charge is 0.480 e. The van der Waals surface area contributed by atoms with E-state index in [9.17, 15) is 14.7 Å². The molecule has 0 saturated carbocycles. The lowest BCUT2D eigenvalue weighted by atomic mass is 10.0. The summed E-state index contributed by atoms with van der Waals surface area (Å²) in [6.07, 6.45) is 5.34. The minimum Gasteiger partial charge on any atom is -0.480 e. The van der Waals surface area contributed by atoms with Gasteiger partial charge in [-0.05, 0) is 43.5 Å². The zero-order valence-electron chi connectivity index (χ0n) is 11.9. The van der Waals surface area contributed by atoms with Crippen LogP contribution in [0.3, 0.4) is 0 Å². The van der Waals surface area contributed by atoms with Gasteiger partial charge in [-0.15, -0.1) is 10.2 Å². The number of likely N-dealkylation sites (tertiary alicyclic amines) is 1. The molecule has 1 saturated heterocycles. The molecule has 1 aliphatic rings. The molecule has 1 atom stereocenters.